The van der Waals surface area contributed by atoms with Gasteiger partial charge in [0.15, 0.2) is 0 Å². The zero-order valence-corrected chi connectivity index (χ0v) is 16.1. The van der Waals surface area contributed by atoms with E-state index in [0.29, 0.717) is 13.1 Å². The summed E-state index contributed by atoms with van der Waals surface area (Å²) in [6.07, 6.45) is 0. The monoisotopic (exact) mass is 413 g/mol. The lowest BCUT2D eigenvalue weighted by molar-refractivity contribution is 0.208. The zero-order chi connectivity index (χ0) is 18.1. The predicted molar refractivity (Wildman–Crippen MR) is 108 cm³/mol. The molecule has 0 saturated carbocycles. The van der Waals surface area contributed by atoms with Gasteiger partial charge < -0.3 is 19.7 Å². The largest absolute Gasteiger partial charge is 0.339 e. The van der Waals surface area contributed by atoms with Crippen LogP contribution in [0.25, 0.3) is 11.0 Å². The van der Waals surface area contributed by atoms with E-state index >= 15 is 0 Å². The van der Waals surface area contributed by atoms with Crippen LogP contribution in [0, 0.1) is 0 Å². The second-order valence-electron chi connectivity index (χ2n) is 6.37. The molecule has 4 rings (SSSR count). The highest BCUT2D eigenvalue weighted by atomic mass is 79.9. The zero-order valence-electron chi connectivity index (χ0n) is 14.5. The van der Waals surface area contributed by atoms with Gasteiger partial charge in [0.05, 0.1) is 11.0 Å². The normalized spacial score (nSPS) is 14.7. The summed E-state index contributed by atoms with van der Waals surface area (Å²) in [4.78, 5) is 21.3. The molecule has 2 heterocycles. The Hall–Kier alpha value is -2.54. The third kappa shape index (κ3) is 3.26. The molecular formula is C19H20BrN5O. The van der Waals surface area contributed by atoms with Crippen LogP contribution in [-0.2, 0) is 7.05 Å². The fourth-order valence-corrected chi connectivity index (χ4v) is 3.53. The standard InChI is InChI=1S/C19H20BrN5O/c1-23-17-5-3-2-4-16(17)22-18(23)24-10-12-25(13-11-24)19(26)21-15-8-6-14(20)7-9-15/h2-9H,10-13H2,1H3,(H,21,26). The number of nitrogens with zero attached hydrogens (tertiary/aromatic N) is 4. The number of hydrogen-bond acceptors (Lipinski definition) is 3. The van der Waals surface area contributed by atoms with E-state index in [1.807, 2.05) is 54.4 Å². The summed E-state index contributed by atoms with van der Waals surface area (Å²) in [5.74, 6) is 0.958. The number of carbonyl (C=O) groups is 1. The highest BCUT2D eigenvalue weighted by Gasteiger charge is 2.24. The minimum atomic E-state index is -0.0584. The molecule has 3 aromatic rings. The molecule has 0 radical (unpaired) electrons. The van der Waals surface area contributed by atoms with Crippen molar-refractivity contribution in [1.29, 1.82) is 0 Å². The van der Waals surface area contributed by atoms with Crippen molar-refractivity contribution >= 4 is 44.6 Å². The van der Waals surface area contributed by atoms with Gasteiger partial charge in [0, 0.05) is 43.4 Å². The highest BCUT2D eigenvalue weighted by Crippen LogP contribution is 2.22. The first-order valence-corrected chi connectivity index (χ1v) is 9.39. The van der Waals surface area contributed by atoms with Crippen molar-refractivity contribution in [2.75, 3.05) is 36.4 Å². The molecule has 6 nitrogen and oxygen atoms in total. The van der Waals surface area contributed by atoms with E-state index in [-0.39, 0.29) is 6.03 Å². The lowest BCUT2D eigenvalue weighted by Crippen LogP contribution is -2.50. The Kier molecular flexibility index (Phi) is 4.55. The van der Waals surface area contributed by atoms with Crippen molar-refractivity contribution in [2.45, 2.75) is 0 Å². The Balaban J connectivity index is 1.41. The Labute approximate surface area is 160 Å². The third-order valence-electron chi connectivity index (χ3n) is 4.71. The lowest BCUT2D eigenvalue weighted by Gasteiger charge is -2.35. The van der Waals surface area contributed by atoms with Crippen molar-refractivity contribution in [3.63, 3.8) is 0 Å². The molecule has 0 unspecified atom stereocenters. The number of carbonyl (C=O) groups excluding carboxylic acids is 1. The van der Waals surface area contributed by atoms with Gasteiger partial charge in [-0.1, -0.05) is 28.1 Å². The number of hydrogen-bond donors (Lipinski definition) is 1. The summed E-state index contributed by atoms with van der Waals surface area (Å²) in [5.41, 5.74) is 2.93. The number of amides is 2. The number of urea groups is 1. The maximum Gasteiger partial charge on any atom is 0.321 e. The summed E-state index contributed by atoms with van der Waals surface area (Å²) in [5, 5.41) is 2.95. The summed E-state index contributed by atoms with van der Waals surface area (Å²) in [7, 11) is 2.04. The van der Waals surface area contributed by atoms with Crippen LogP contribution < -0.4 is 10.2 Å². The van der Waals surface area contributed by atoms with Gasteiger partial charge in [0.25, 0.3) is 0 Å². The number of benzene rings is 2. The number of rotatable bonds is 2. The highest BCUT2D eigenvalue weighted by molar-refractivity contribution is 9.10. The number of para-hydroxylation sites is 2. The number of fused-ring (bicyclic) bond motifs is 1. The smallest absolute Gasteiger partial charge is 0.321 e. The minimum absolute atomic E-state index is 0.0584. The summed E-state index contributed by atoms with van der Waals surface area (Å²) in [6, 6.07) is 15.7. The molecule has 1 aliphatic heterocycles. The van der Waals surface area contributed by atoms with Gasteiger partial charge in [-0.25, -0.2) is 9.78 Å². The fraction of sp³-hybridized carbons (Fsp3) is 0.263. The number of piperazine rings is 1. The van der Waals surface area contributed by atoms with E-state index in [9.17, 15) is 4.79 Å². The van der Waals surface area contributed by atoms with Crippen LogP contribution in [0.15, 0.2) is 53.0 Å². The Bertz CT molecular complexity index is 929. The van der Waals surface area contributed by atoms with Crippen molar-refractivity contribution in [3.05, 3.63) is 53.0 Å². The molecule has 0 aliphatic carbocycles. The van der Waals surface area contributed by atoms with Crippen LogP contribution in [0.1, 0.15) is 0 Å². The van der Waals surface area contributed by atoms with Gasteiger partial charge in [-0.3, -0.25) is 0 Å². The summed E-state index contributed by atoms with van der Waals surface area (Å²) in [6.45, 7) is 2.88. The SMILES string of the molecule is Cn1c(N2CCN(C(=O)Nc3ccc(Br)cc3)CC2)nc2ccccc21. The number of imidazole rings is 1. The van der Waals surface area contributed by atoms with Gasteiger partial charge >= 0.3 is 6.03 Å². The van der Waals surface area contributed by atoms with Gasteiger partial charge in [0.2, 0.25) is 5.95 Å². The molecule has 2 amide bonds. The Morgan fingerprint density at radius 2 is 1.73 bits per heavy atom. The molecular weight excluding hydrogens is 394 g/mol. The second-order valence-corrected chi connectivity index (χ2v) is 7.29. The molecule has 1 aromatic heterocycles. The summed E-state index contributed by atoms with van der Waals surface area (Å²) < 4.78 is 3.11. The first-order valence-electron chi connectivity index (χ1n) is 8.60. The lowest BCUT2D eigenvalue weighted by atomic mass is 10.3. The van der Waals surface area contributed by atoms with Gasteiger partial charge in [-0.15, -0.1) is 0 Å². The molecule has 7 heteroatoms. The van der Waals surface area contributed by atoms with Gasteiger partial charge in [0.1, 0.15) is 0 Å². The van der Waals surface area contributed by atoms with Crippen molar-refractivity contribution in [1.82, 2.24) is 14.5 Å². The van der Waals surface area contributed by atoms with E-state index in [0.717, 1.165) is 40.2 Å². The molecule has 1 fully saturated rings. The molecule has 1 saturated heterocycles. The average molecular weight is 414 g/mol. The van der Waals surface area contributed by atoms with Gasteiger partial charge in [-0.2, -0.15) is 0 Å². The van der Waals surface area contributed by atoms with Crippen LogP contribution >= 0.6 is 15.9 Å². The number of aromatic nitrogens is 2. The Morgan fingerprint density at radius 3 is 2.42 bits per heavy atom. The molecule has 1 N–H and O–H groups in total. The van der Waals surface area contributed by atoms with Gasteiger partial charge in [-0.05, 0) is 36.4 Å². The van der Waals surface area contributed by atoms with Crippen molar-refractivity contribution in [3.8, 4) is 0 Å². The predicted octanol–water partition coefficient (Wildman–Crippen LogP) is 3.69. The summed E-state index contributed by atoms with van der Waals surface area (Å²) >= 11 is 3.40. The van der Waals surface area contributed by atoms with E-state index in [4.69, 9.17) is 4.98 Å². The number of nitrogens with one attached hydrogen (secondary N) is 1. The topological polar surface area (TPSA) is 53.4 Å². The minimum Gasteiger partial charge on any atom is -0.339 e. The van der Waals surface area contributed by atoms with Crippen LogP contribution in [0.3, 0.4) is 0 Å². The first kappa shape index (κ1) is 16.9. The van der Waals surface area contributed by atoms with E-state index in [1.165, 1.54) is 0 Å². The third-order valence-corrected chi connectivity index (χ3v) is 5.24. The van der Waals surface area contributed by atoms with Crippen molar-refractivity contribution in [2.24, 2.45) is 7.05 Å². The molecule has 2 aromatic carbocycles. The molecule has 0 spiro atoms. The second kappa shape index (κ2) is 6.99. The maximum absolute atomic E-state index is 12.5. The van der Waals surface area contributed by atoms with E-state index in [2.05, 4.69) is 36.8 Å². The molecule has 26 heavy (non-hydrogen) atoms. The quantitative estimate of drug-likeness (QED) is 0.696. The number of halogens is 1. The van der Waals surface area contributed by atoms with Crippen LogP contribution in [0.4, 0.5) is 16.4 Å². The molecule has 1 aliphatic rings. The molecule has 134 valence electrons. The number of anilines is 2. The average Bonchev–Trinajstić information content (AvgIpc) is 3.01. The molecule has 0 bridgehead atoms. The van der Waals surface area contributed by atoms with E-state index < -0.39 is 0 Å². The van der Waals surface area contributed by atoms with E-state index in [1.54, 1.807) is 0 Å². The Morgan fingerprint density at radius 1 is 1.04 bits per heavy atom. The number of aryl methyl sites for hydroxylation is 1. The first-order chi connectivity index (χ1) is 12.6. The molecule has 0 atom stereocenters. The maximum atomic E-state index is 12.5. The van der Waals surface area contributed by atoms with Crippen LogP contribution in [0.2, 0.25) is 0 Å². The fourth-order valence-electron chi connectivity index (χ4n) is 3.26. The van der Waals surface area contributed by atoms with Crippen molar-refractivity contribution < 1.29 is 4.79 Å². The van der Waals surface area contributed by atoms with Crippen LogP contribution in [-0.4, -0.2) is 46.7 Å². The van der Waals surface area contributed by atoms with Crippen LogP contribution in [0.5, 0.6) is 0 Å².